The number of hydrogen-bond acceptors (Lipinski definition) is 2. The van der Waals surface area contributed by atoms with E-state index in [-0.39, 0.29) is 11.8 Å². The van der Waals surface area contributed by atoms with Crippen LogP contribution in [0.1, 0.15) is 71.1 Å². The van der Waals surface area contributed by atoms with Crippen LogP contribution in [0.2, 0.25) is 0 Å². The second-order valence-electron chi connectivity index (χ2n) is 6.29. The lowest BCUT2D eigenvalue weighted by molar-refractivity contribution is -0.140. The van der Waals surface area contributed by atoms with Gasteiger partial charge >= 0.3 is 0 Å². The third-order valence-corrected chi connectivity index (χ3v) is 4.67. The van der Waals surface area contributed by atoms with Gasteiger partial charge in [0, 0.05) is 19.5 Å². The molecule has 2 amide bonds. The van der Waals surface area contributed by atoms with E-state index in [1.165, 1.54) is 25.7 Å². The van der Waals surface area contributed by atoms with Crippen molar-refractivity contribution in [1.82, 2.24) is 10.2 Å². The molecule has 1 aliphatic carbocycles. The Labute approximate surface area is 122 Å². The van der Waals surface area contributed by atoms with E-state index in [9.17, 15) is 9.59 Å². The summed E-state index contributed by atoms with van der Waals surface area (Å²) in [6.07, 6.45) is 10.1. The molecule has 2 fully saturated rings. The molecule has 20 heavy (non-hydrogen) atoms. The van der Waals surface area contributed by atoms with Crippen LogP contribution in [0.25, 0.3) is 0 Å². The van der Waals surface area contributed by atoms with E-state index in [0.717, 1.165) is 38.6 Å². The van der Waals surface area contributed by atoms with E-state index >= 15 is 0 Å². The van der Waals surface area contributed by atoms with Crippen LogP contribution in [-0.4, -0.2) is 35.3 Å². The highest BCUT2D eigenvalue weighted by Gasteiger charge is 2.44. The number of nitrogens with zero attached hydrogens (tertiary/aromatic N) is 1. The van der Waals surface area contributed by atoms with Crippen molar-refractivity contribution in [1.29, 1.82) is 0 Å². The molecule has 0 aromatic heterocycles. The summed E-state index contributed by atoms with van der Waals surface area (Å²) in [5.41, 5.74) is -0.573. The molecular weight excluding hydrogens is 252 g/mol. The van der Waals surface area contributed by atoms with E-state index in [1.807, 2.05) is 4.90 Å². The number of carbonyl (C=O) groups is 2. The van der Waals surface area contributed by atoms with Crippen LogP contribution in [0.3, 0.4) is 0 Å². The van der Waals surface area contributed by atoms with Gasteiger partial charge in [-0.2, -0.15) is 0 Å². The standard InChI is InChI=1S/C16H28N2O2/c1-2-3-4-8-12-18-13-9-14(19)17-16(15(18)20)10-6-5-7-11-16/h2-13H2,1H3,(H,17,19). The van der Waals surface area contributed by atoms with Crippen molar-refractivity contribution >= 4 is 11.8 Å². The average molecular weight is 280 g/mol. The highest BCUT2D eigenvalue weighted by atomic mass is 16.2. The first-order chi connectivity index (χ1) is 9.68. The monoisotopic (exact) mass is 280 g/mol. The minimum Gasteiger partial charge on any atom is -0.342 e. The third kappa shape index (κ3) is 3.53. The minimum atomic E-state index is -0.573. The van der Waals surface area contributed by atoms with Gasteiger partial charge in [-0.05, 0) is 19.3 Å². The number of unbranched alkanes of at least 4 members (excludes halogenated alkanes) is 3. The molecule has 0 unspecified atom stereocenters. The van der Waals surface area contributed by atoms with Gasteiger partial charge in [0.1, 0.15) is 5.54 Å². The third-order valence-electron chi connectivity index (χ3n) is 4.67. The molecule has 4 heteroatoms. The van der Waals surface area contributed by atoms with Crippen molar-refractivity contribution in [2.75, 3.05) is 13.1 Å². The number of amides is 2. The fraction of sp³-hybridized carbons (Fsp3) is 0.875. The summed E-state index contributed by atoms with van der Waals surface area (Å²) in [4.78, 5) is 26.7. The van der Waals surface area contributed by atoms with Crippen molar-refractivity contribution in [3.05, 3.63) is 0 Å². The van der Waals surface area contributed by atoms with Crippen molar-refractivity contribution in [3.63, 3.8) is 0 Å². The zero-order chi connectivity index (χ0) is 14.4. The zero-order valence-electron chi connectivity index (χ0n) is 12.7. The Morgan fingerprint density at radius 1 is 1.10 bits per heavy atom. The summed E-state index contributed by atoms with van der Waals surface area (Å²) in [6, 6.07) is 0. The Morgan fingerprint density at radius 2 is 1.85 bits per heavy atom. The predicted octanol–water partition coefficient (Wildman–Crippen LogP) is 2.62. The molecule has 1 N–H and O–H groups in total. The molecule has 0 radical (unpaired) electrons. The summed E-state index contributed by atoms with van der Waals surface area (Å²) in [7, 11) is 0. The van der Waals surface area contributed by atoms with Gasteiger partial charge in [0.2, 0.25) is 11.8 Å². The molecule has 0 aromatic carbocycles. The maximum Gasteiger partial charge on any atom is 0.248 e. The largest absolute Gasteiger partial charge is 0.342 e. The lowest BCUT2D eigenvalue weighted by Crippen LogP contribution is -2.58. The molecule has 0 aromatic rings. The molecule has 1 spiro atoms. The van der Waals surface area contributed by atoms with Crippen LogP contribution in [0.4, 0.5) is 0 Å². The van der Waals surface area contributed by atoms with Crippen LogP contribution in [0, 0.1) is 0 Å². The lowest BCUT2D eigenvalue weighted by atomic mass is 9.80. The summed E-state index contributed by atoms with van der Waals surface area (Å²) in [6.45, 7) is 3.60. The molecule has 1 saturated heterocycles. The fourth-order valence-corrected chi connectivity index (χ4v) is 3.46. The van der Waals surface area contributed by atoms with Gasteiger partial charge in [0.25, 0.3) is 0 Å². The highest BCUT2D eigenvalue weighted by molar-refractivity contribution is 5.93. The minimum absolute atomic E-state index is 0.0521. The second kappa shape index (κ2) is 7.09. The molecular formula is C16H28N2O2. The molecule has 0 bridgehead atoms. The van der Waals surface area contributed by atoms with Crippen LogP contribution >= 0.6 is 0 Å². The van der Waals surface area contributed by atoms with E-state index < -0.39 is 5.54 Å². The van der Waals surface area contributed by atoms with Gasteiger partial charge in [-0.1, -0.05) is 45.4 Å². The fourth-order valence-electron chi connectivity index (χ4n) is 3.46. The number of hydrogen-bond donors (Lipinski definition) is 1. The van der Waals surface area contributed by atoms with Crippen LogP contribution in [-0.2, 0) is 9.59 Å². The highest BCUT2D eigenvalue weighted by Crippen LogP contribution is 2.31. The molecule has 2 rings (SSSR count). The molecule has 2 aliphatic rings. The number of carbonyl (C=O) groups excluding carboxylic acids is 2. The Balaban J connectivity index is 2.00. The molecule has 114 valence electrons. The smallest absolute Gasteiger partial charge is 0.248 e. The molecule has 1 saturated carbocycles. The van der Waals surface area contributed by atoms with Gasteiger partial charge < -0.3 is 10.2 Å². The molecule has 1 heterocycles. The summed E-state index contributed by atoms with van der Waals surface area (Å²) in [5, 5.41) is 3.05. The second-order valence-corrected chi connectivity index (χ2v) is 6.29. The zero-order valence-corrected chi connectivity index (χ0v) is 12.7. The van der Waals surface area contributed by atoms with Gasteiger partial charge in [0.15, 0.2) is 0 Å². The summed E-state index contributed by atoms with van der Waals surface area (Å²) in [5.74, 6) is 0.232. The maximum absolute atomic E-state index is 12.8. The first kappa shape index (κ1) is 15.3. The van der Waals surface area contributed by atoms with Crippen molar-refractivity contribution in [3.8, 4) is 0 Å². The first-order valence-electron chi connectivity index (χ1n) is 8.28. The number of nitrogens with one attached hydrogen (secondary N) is 1. The quantitative estimate of drug-likeness (QED) is 0.787. The van der Waals surface area contributed by atoms with E-state index in [4.69, 9.17) is 0 Å². The Hall–Kier alpha value is -1.06. The van der Waals surface area contributed by atoms with E-state index in [1.54, 1.807) is 0 Å². The molecule has 0 atom stereocenters. The normalized spacial score (nSPS) is 22.8. The maximum atomic E-state index is 12.8. The predicted molar refractivity (Wildman–Crippen MR) is 79.3 cm³/mol. The molecule has 4 nitrogen and oxygen atoms in total. The Kier molecular flexibility index (Phi) is 5.44. The van der Waals surface area contributed by atoms with E-state index in [0.29, 0.717) is 13.0 Å². The molecule has 1 aliphatic heterocycles. The van der Waals surface area contributed by atoms with Crippen LogP contribution in [0.5, 0.6) is 0 Å². The van der Waals surface area contributed by atoms with Crippen molar-refractivity contribution in [2.45, 2.75) is 76.7 Å². The number of rotatable bonds is 5. The lowest BCUT2D eigenvalue weighted by Gasteiger charge is -2.38. The van der Waals surface area contributed by atoms with Crippen LogP contribution < -0.4 is 5.32 Å². The SMILES string of the molecule is CCCCCCN1CCC(=O)NC2(CCCCC2)C1=O. The Bertz CT molecular complexity index is 348. The van der Waals surface area contributed by atoms with Gasteiger partial charge in [-0.15, -0.1) is 0 Å². The summed E-state index contributed by atoms with van der Waals surface area (Å²) >= 11 is 0. The van der Waals surface area contributed by atoms with E-state index in [2.05, 4.69) is 12.2 Å². The van der Waals surface area contributed by atoms with Gasteiger partial charge in [-0.3, -0.25) is 9.59 Å². The van der Waals surface area contributed by atoms with Gasteiger partial charge in [0.05, 0.1) is 0 Å². The average Bonchev–Trinajstić information content (AvgIpc) is 2.56. The van der Waals surface area contributed by atoms with Crippen LogP contribution in [0.15, 0.2) is 0 Å². The summed E-state index contributed by atoms with van der Waals surface area (Å²) < 4.78 is 0. The van der Waals surface area contributed by atoms with Gasteiger partial charge in [-0.25, -0.2) is 0 Å². The van der Waals surface area contributed by atoms with Crippen molar-refractivity contribution in [2.24, 2.45) is 0 Å². The van der Waals surface area contributed by atoms with Crippen molar-refractivity contribution < 1.29 is 9.59 Å². The topological polar surface area (TPSA) is 49.4 Å². The Morgan fingerprint density at radius 3 is 2.55 bits per heavy atom. The first-order valence-corrected chi connectivity index (χ1v) is 8.28.